The van der Waals surface area contributed by atoms with Gasteiger partial charge in [-0.2, -0.15) is 0 Å². The number of aliphatic hydroxyl groups excluding tert-OH is 1. The van der Waals surface area contributed by atoms with Gasteiger partial charge in [0.25, 0.3) is 0 Å². The van der Waals surface area contributed by atoms with Crippen molar-refractivity contribution in [3.63, 3.8) is 0 Å². The summed E-state index contributed by atoms with van der Waals surface area (Å²) in [6.07, 6.45) is 1.33. The largest absolute Gasteiger partial charge is 0.496 e. The first kappa shape index (κ1) is 11.5. The van der Waals surface area contributed by atoms with Gasteiger partial charge in [-0.3, -0.25) is 0 Å². The Morgan fingerprint density at radius 1 is 1.50 bits per heavy atom. The van der Waals surface area contributed by atoms with Crippen LogP contribution in [0.2, 0.25) is 0 Å². The summed E-state index contributed by atoms with van der Waals surface area (Å²) < 4.78 is 6.27. The van der Waals surface area contributed by atoms with Gasteiger partial charge in [0, 0.05) is 4.47 Å². The summed E-state index contributed by atoms with van der Waals surface area (Å²) in [5.41, 5.74) is 1.13. The third-order valence-electron chi connectivity index (χ3n) is 2.07. The highest BCUT2D eigenvalue weighted by Gasteiger charge is 2.05. The lowest BCUT2D eigenvalue weighted by Gasteiger charge is -2.09. The van der Waals surface area contributed by atoms with E-state index in [-0.39, 0.29) is 6.10 Å². The highest BCUT2D eigenvalue weighted by atomic mass is 79.9. The van der Waals surface area contributed by atoms with E-state index in [1.165, 1.54) is 0 Å². The van der Waals surface area contributed by atoms with Gasteiger partial charge in [0.05, 0.1) is 13.2 Å². The van der Waals surface area contributed by atoms with Crippen molar-refractivity contribution in [3.05, 3.63) is 28.2 Å². The van der Waals surface area contributed by atoms with Crippen molar-refractivity contribution < 1.29 is 9.84 Å². The summed E-state index contributed by atoms with van der Waals surface area (Å²) in [5.74, 6) is 0.883. The van der Waals surface area contributed by atoms with Gasteiger partial charge in [-0.25, -0.2) is 0 Å². The molecule has 2 nitrogen and oxygen atoms in total. The molecule has 78 valence electrons. The summed E-state index contributed by atoms with van der Waals surface area (Å²) >= 11 is 3.41. The number of rotatable bonds is 4. The fourth-order valence-corrected chi connectivity index (χ4v) is 1.72. The molecule has 1 aromatic rings. The van der Waals surface area contributed by atoms with Crippen molar-refractivity contribution >= 4 is 15.9 Å². The van der Waals surface area contributed by atoms with Crippen LogP contribution in [0.25, 0.3) is 0 Å². The standard InChI is InChI=1S/C11H15BrO2/c1-8(13)3-4-9-7-10(12)5-6-11(9)14-2/h5-8,13H,3-4H2,1-2H3. The number of halogens is 1. The number of aliphatic hydroxyl groups is 1. The average molecular weight is 259 g/mol. The van der Waals surface area contributed by atoms with Gasteiger partial charge in [0.2, 0.25) is 0 Å². The zero-order chi connectivity index (χ0) is 10.6. The predicted molar refractivity (Wildman–Crippen MR) is 60.7 cm³/mol. The summed E-state index contributed by atoms with van der Waals surface area (Å²) in [4.78, 5) is 0. The molecular weight excluding hydrogens is 244 g/mol. The average Bonchev–Trinajstić information content (AvgIpc) is 2.15. The third-order valence-corrected chi connectivity index (χ3v) is 2.57. The second kappa shape index (κ2) is 5.37. The molecule has 0 fully saturated rings. The lowest BCUT2D eigenvalue weighted by Crippen LogP contribution is -2.02. The van der Waals surface area contributed by atoms with Gasteiger partial charge >= 0.3 is 0 Å². The van der Waals surface area contributed by atoms with Crippen molar-refractivity contribution in [2.45, 2.75) is 25.9 Å². The number of methoxy groups -OCH3 is 1. The molecule has 1 rings (SSSR count). The maximum Gasteiger partial charge on any atom is 0.122 e. The SMILES string of the molecule is COc1ccc(Br)cc1CCC(C)O. The van der Waals surface area contributed by atoms with Crippen LogP contribution < -0.4 is 4.74 Å². The van der Waals surface area contributed by atoms with Crippen molar-refractivity contribution in [2.24, 2.45) is 0 Å². The Kier molecular flexibility index (Phi) is 4.42. The molecule has 1 N–H and O–H groups in total. The Bertz CT molecular complexity index is 297. The lowest BCUT2D eigenvalue weighted by atomic mass is 10.1. The van der Waals surface area contributed by atoms with Crippen LogP contribution in [-0.2, 0) is 6.42 Å². The first-order valence-corrected chi connectivity index (χ1v) is 5.43. The Balaban J connectivity index is 2.77. The molecule has 1 atom stereocenters. The molecule has 0 heterocycles. The third kappa shape index (κ3) is 3.31. The predicted octanol–water partition coefficient (Wildman–Crippen LogP) is 2.77. The topological polar surface area (TPSA) is 29.5 Å². The quantitative estimate of drug-likeness (QED) is 0.900. The Labute approximate surface area is 93.0 Å². The number of hydrogen-bond donors (Lipinski definition) is 1. The van der Waals surface area contributed by atoms with E-state index < -0.39 is 0 Å². The van der Waals surface area contributed by atoms with E-state index in [0.29, 0.717) is 0 Å². The zero-order valence-electron chi connectivity index (χ0n) is 8.46. The van der Waals surface area contributed by atoms with Gasteiger partial charge in [-0.15, -0.1) is 0 Å². The molecule has 1 aromatic carbocycles. The lowest BCUT2D eigenvalue weighted by molar-refractivity contribution is 0.184. The van der Waals surface area contributed by atoms with E-state index >= 15 is 0 Å². The van der Waals surface area contributed by atoms with Gasteiger partial charge in [0.1, 0.15) is 5.75 Å². The molecule has 3 heteroatoms. The van der Waals surface area contributed by atoms with Crippen LogP contribution in [-0.4, -0.2) is 18.3 Å². The van der Waals surface area contributed by atoms with Crippen LogP contribution in [0.1, 0.15) is 18.9 Å². The molecule has 0 bridgehead atoms. The molecule has 0 aliphatic heterocycles. The maximum atomic E-state index is 9.19. The molecule has 14 heavy (non-hydrogen) atoms. The minimum absolute atomic E-state index is 0.265. The van der Waals surface area contributed by atoms with Crippen LogP contribution in [0.4, 0.5) is 0 Å². The van der Waals surface area contributed by atoms with E-state index in [0.717, 1.165) is 28.6 Å². The molecule has 0 aliphatic carbocycles. The highest BCUT2D eigenvalue weighted by Crippen LogP contribution is 2.24. The summed E-state index contributed by atoms with van der Waals surface area (Å²) in [6.45, 7) is 1.80. The van der Waals surface area contributed by atoms with E-state index in [4.69, 9.17) is 4.74 Å². The molecular formula is C11H15BrO2. The minimum atomic E-state index is -0.265. The molecule has 0 saturated heterocycles. The second-order valence-corrected chi connectivity index (χ2v) is 4.26. The summed E-state index contributed by atoms with van der Waals surface area (Å²) in [7, 11) is 1.66. The van der Waals surface area contributed by atoms with Crippen molar-refractivity contribution in [1.82, 2.24) is 0 Å². The number of hydrogen-bond acceptors (Lipinski definition) is 2. The molecule has 1 unspecified atom stereocenters. The first-order valence-electron chi connectivity index (χ1n) is 4.64. The van der Waals surface area contributed by atoms with Crippen molar-refractivity contribution in [3.8, 4) is 5.75 Å². The molecule has 0 radical (unpaired) electrons. The van der Waals surface area contributed by atoms with E-state index in [9.17, 15) is 5.11 Å². The molecule has 0 saturated carbocycles. The normalized spacial score (nSPS) is 12.6. The van der Waals surface area contributed by atoms with Gasteiger partial charge in [0.15, 0.2) is 0 Å². The van der Waals surface area contributed by atoms with Crippen LogP contribution in [0.3, 0.4) is 0 Å². The molecule has 0 amide bonds. The highest BCUT2D eigenvalue weighted by molar-refractivity contribution is 9.10. The zero-order valence-corrected chi connectivity index (χ0v) is 10.0. The van der Waals surface area contributed by atoms with E-state index in [2.05, 4.69) is 15.9 Å². The van der Waals surface area contributed by atoms with Crippen LogP contribution in [0, 0.1) is 0 Å². The summed E-state index contributed by atoms with van der Waals surface area (Å²) in [5, 5.41) is 9.19. The smallest absolute Gasteiger partial charge is 0.122 e. The van der Waals surface area contributed by atoms with Crippen LogP contribution in [0.5, 0.6) is 5.75 Å². The molecule has 0 aromatic heterocycles. The Morgan fingerprint density at radius 3 is 2.79 bits per heavy atom. The molecule has 0 aliphatic rings. The first-order chi connectivity index (χ1) is 6.63. The Hall–Kier alpha value is -0.540. The van der Waals surface area contributed by atoms with Crippen molar-refractivity contribution in [1.29, 1.82) is 0 Å². The fourth-order valence-electron chi connectivity index (χ4n) is 1.31. The number of aryl methyl sites for hydroxylation is 1. The molecule has 0 spiro atoms. The fraction of sp³-hybridized carbons (Fsp3) is 0.455. The number of ether oxygens (including phenoxy) is 1. The second-order valence-electron chi connectivity index (χ2n) is 3.34. The summed E-state index contributed by atoms with van der Waals surface area (Å²) in [6, 6.07) is 5.91. The van der Waals surface area contributed by atoms with E-state index in [1.807, 2.05) is 18.2 Å². The number of benzene rings is 1. The maximum absolute atomic E-state index is 9.19. The van der Waals surface area contributed by atoms with Crippen LogP contribution >= 0.6 is 15.9 Å². The van der Waals surface area contributed by atoms with Gasteiger partial charge < -0.3 is 9.84 Å². The van der Waals surface area contributed by atoms with Crippen molar-refractivity contribution in [2.75, 3.05) is 7.11 Å². The monoisotopic (exact) mass is 258 g/mol. The van der Waals surface area contributed by atoms with Crippen LogP contribution in [0.15, 0.2) is 22.7 Å². The Morgan fingerprint density at radius 2 is 2.21 bits per heavy atom. The van der Waals surface area contributed by atoms with Gasteiger partial charge in [-0.1, -0.05) is 15.9 Å². The van der Waals surface area contributed by atoms with Gasteiger partial charge in [-0.05, 0) is 43.5 Å². The minimum Gasteiger partial charge on any atom is -0.496 e. The van der Waals surface area contributed by atoms with E-state index in [1.54, 1.807) is 14.0 Å².